The molecule has 1 unspecified atom stereocenters. The topological polar surface area (TPSA) is 104 Å². The maximum absolute atomic E-state index is 10.8. The van der Waals surface area contributed by atoms with Crippen LogP contribution in [0.2, 0.25) is 0 Å². The van der Waals surface area contributed by atoms with E-state index in [2.05, 4.69) is 24.3 Å². The molecule has 0 radical (unpaired) electrons. The highest BCUT2D eigenvalue weighted by Gasteiger charge is 2.45. The van der Waals surface area contributed by atoms with Gasteiger partial charge in [-0.1, -0.05) is 18.2 Å². The van der Waals surface area contributed by atoms with E-state index in [9.17, 15) is 18.0 Å². The van der Waals surface area contributed by atoms with Crippen molar-refractivity contribution in [3.63, 3.8) is 0 Å². The maximum Gasteiger partial charge on any atom is 0.288 e. The predicted octanol–water partition coefficient (Wildman–Crippen LogP) is 0.151. The van der Waals surface area contributed by atoms with Crippen LogP contribution in [0, 0.1) is 0 Å². The molecule has 0 saturated carbocycles. The first kappa shape index (κ1) is 13.5. The Morgan fingerprint density at radius 3 is 2.26 bits per heavy atom. The number of carbonyl (C=O) groups is 2. The molecule has 3 aliphatic rings. The Morgan fingerprint density at radius 1 is 1.42 bits per heavy atom. The molecular formula is C11H12N2O5S. The lowest BCUT2D eigenvalue weighted by Crippen LogP contribution is -2.63. The predicted molar refractivity (Wildman–Crippen MR) is 66.1 cm³/mol. The summed E-state index contributed by atoms with van der Waals surface area (Å²) >= 11 is 0. The highest BCUT2D eigenvalue weighted by molar-refractivity contribution is 7.86. The summed E-state index contributed by atoms with van der Waals surface area (Å²) in [4.78, 5) is 21.2. The normalized spacial score (nSPS) is 18.9. The minimum atomic E-state index is -4.30. The molecule has 3 rings (SSSR count). The molecule has 0 bridgehead atoms. The Hall–Kier alpha value is -1.93. The smallest absolute Gasteiger partial charge is 0.284 e. The van der Waals surface area contributed by atoms with Crippen LogP contribution in [0.1, 0.15) is 13.3 Å². The molecule has 0 spiro atoms. The molecule has 0 aromatic heterocycles. The molecule has 19 heavy (non-hydrogen) atoms. The van der Waals surface area contributed by atoms with Crippen molar-refractivity contribution in [2.75, 3.05) is 0 Å². The average molecular weight is 284 g/mol. The Morgan fingerprint density at radius 2 is 2.00 bits per heavy atom. The molecule has 2 amide bonds. The first-order valence-electron chi connectivity index (χ1n) is 5.45. The van der Waals surface area contributed by atoms with E-state index in [0.29, 0.717) is 5.01 Å². The van der Waals surface area contributed by atoms with E-state index >= 15 is 0 Å². The fourth-order valence-corrected chi connectivity index (χ4v) is 2.40. The van der Waals surface area contributed by atoms with E-state index in [1.165, 1.54) is 11.1 Å². The highest BCUT2D eigenvalue weighted by atomic mass is 32.2. The van der Waals surface area contributed by atoms with Gasteiger partial charge in [-0.25, -0.2) is 5.01 Å². The second-order valence-electron chi connectivity index (χ2n) is 4.19. The molecule has 1 aliphatic heterocycles. The summed E-state index contributed by atoms with van der Waals surface area (Å²) in [6.45, 7) is 1.13. The first-order chi connectivity index (χ1) is 8.79. The summed E-state index contributed by atoms with van der Waals surface area (Å²) in [5.74, 6) is -1.11. The number of β-lactam (4-membered cyclic amide) rings is 1. The van der Waals surface area contributed by atoms with Crippen LogP contribution in [0.4, 0.5) is 0 Å². The van der Waals surface area contributed by atoms with Gasteiger partial charge >= 0.3 is 0 Å². The Kier molecular flexibility index (Phi) is 3.29. The van der Waals surface area contributed by atoms with Crippen molar-refractivity contribution < 1.29 is 22.6 Å². The van der Waals surface area contributed by atoms with Crippen molar-refractivity contribution in [3.05, 3.63) is 24.3 Å². The number of nitrogens with zero attached hydrogens (tertiary/aromatic N) is 1. The van der Waals surface area contributed by atoms with Crippen LogP contribution < -0.4 is 5.43 Å². The molecule has 2 aliphatic carbocycles. The van der Waals surface area contributed by atoms with Gasteiger partial charge in [-0.3, -0.25) is 19.6 Å². The highest BCUT2D eigenvalue weighted by Crippen LogP contribution is 2.32. The van der Waals surface area contributed by atoms with Gasteiger partial charge in [0.05, 0.1) is 6.42 Å². The van der Waals surface area contributed by atoms with E-state index in [-0.39, 0.29) is 6.42 Å². The van der Waals surface area contributed by atoms with E-state index in [4.69, 9.17) is 4.55 Å². The molecule has 0 aromatic carbocycles. The summed E-state index contributed by atoms with van der Waals surface area (Å²) in [7, 11) is -4.30. The van der Waals surface area contributed by atoms with Crippen LogP contribution in [-0.2, 0) is 19.7 Å². The van der Waals surface area contributed by atoms with Crippen molar-refractivity contribution in [2.24, 2.45) is 0 Å². The van der Waals surface area contributed by atoms with Gasteiger partial charge in [0, 0.05) is 6.92 Å². The van der Waals surface area contributed by atoms with E-state index < -0.39 is 27.3 Å². The Bertz CT molecular complexity index is 623. The third kappa shape index (κ3) is 3.09. The van der Waals surface area contributed by atoms with Crippen molar-refractivity contribution >= 4 is 21.9 Å². The second-order valence-corrected chi connectivity index (χ2v) is 5.76. The minimum Gasteiger partial charge on any atom is -0.284 e. The Labute approximate surface area is 109 Å². The van der Waals surface area contributed by atoms with Gasteiger partial charge in [-0.15, -0.1) is 0 Å². The van der Waals surface area contributed by atoms with Gasteiger partial charge in [0.2, 0.25) is 11.8 Å². The van der Waals surface area contributed by atoms with Crippen LogP contribution in [0.3, 0.4) is 0 Å². The maximum atomic E-state index is 10.8. The third-order valence-corrected chi connectivity index (χ3v) is 3.71. The fraction of sp³-hybridized carbons (Fsp3) is 0.273. The number of nitrogens with one attached hydrogen (secondary N) is 1. The summed E-state index contributed by atoms with van der Waals surface area (Å²) in [6.07, 6.45) is -0.306. The van der Waals surface area contributed by atoms with Crippen LogP contribution in [0.25, 0.3) is 11.1 Å². The molecule has 7 nitrogen and oxygen atoms in total. The summed E-state index contributed by atoms with van der Waals surface area (Å²) < 4.78 is 29.7. The third-order valence-electron chi connectivity index (χ3n) is 2.64. The second kappa shape index (κ2) is 4.63. The SMILES string of the molecule is CC(=O)NN1C(=O)CC1S(=O)(=O)O.c1cc2cc-2c1. The first-order valence-corrected chi connectivity index (χ1v) is 6.95. The zero-order valence-corrected chi connectivity index (χ0v) is 10.8. The molecule has 1 heterocycles. The van der Waals surface area contributed by atoms with Gasteiger partial charge in [0.1, 0.15) is 0 Å². The van der Waals surface area contributed by atoms with Crippen LogP contribution in [-0.4, -0.2) is 35.2 Å². The molecule has 1 fully saturated rings. The number of hydrazine groups is 1. The largest absolute Gasteiger partial charge is 0.288 e. The molecule has 2 N–H and O–H groups in total. The quantitative estimate of drug-likeness (QED) is 0.603. The molecule has 102 valence electrons. The number of rotatable bonds is 2. The minimum absolute atomic E-state index is 0.306. The number of benzene rings is 1. The average Bonchev–Trinajstić information content (AvgIpc) is 2.89. The zero-order chi connectivity index (χ0) is 14.2. The lowest BCUT2D eigenvalue weighted by molar-refractivity contribution is -0.152. The van der Waals surface area contributed by atoms with Gasteiger partial charge in [-0.05, 0) is 17.2 Å². The van der Waals surface area contributed by atoms with Gasteiger partial charge in [0.25, 0.3) is 10.1 Å². The van der Waals surface area contributed by atoms with Crippen LogP contribution in [0.15, 0.2) is 24.3 Å². The van der Waals surface area contributed by atoms with Gasteiger partial charge < -0.3 is 0 Å². The van der Waals surface area contributed by atoms with Crippen molar-refractivity contribution in [1.82, 2.24) is 10.4 Å². The van der Waals surface area contributed by atoms with E-state index in [1.807, 2.05) is 5.43 Å². The summed E-state index contributed by atoms with van der Waals surface area (Å²) in [5.41, 5.74) is 4.84. The molecular weight excluding hydrogens is 272 g/mol. The van der Waals surface area contributed by atoms with Gasteiger partial charge in [-0.2, -0.15) is 8.42 Å². The Balaban J connectivity index is 0.000000180. The monoisotopic (exact) mass is 284 g/mol. The standard InChI is InChI=1S/C6H4.C5H8N2O5S/c1-2-5-4-6(5)3-1;1-3(8)6-7-4(9)2-5(7)13(10,11)12/h1-4H;5H,2H2,1H3,(H,6,8)(H,10,11,12). The summed E-state index contributed by atoms with van der Waals surface area (Å²) in [5, 5.41) is -0.749. The van der Waals surface area contributed by atoms with Crippen LogP contribution >= 0.6 is 0 Å². The molecule has 1 atom stereocenters. The van der Waals surface area contributed by atoms with Crippen LogP contribution in [0.5, 0.6) is 0 Å². The van der Waals surface area contributed by atoms with E-state index in [0.717, 1.165) is 6.92 Å². The number of hydrogen-bond donors (Lipinski definition) is 2. The van der Waals surface area contributed by atoms with Crippen molar-refractivity contribution in [1.29, 1.82) is 0 Å². The van der Waals surface area contributed by atoms with Crippen molar-refractivity contribution in [2.45, 2.75) is 18.7 Å². The summed E-state index contributed by atoms with van der Waals surface area (Å²) in [6, 6.07) is 8.48. The molecule has 0 aromatic rings. The number of hydrogen-bond acceptors (Lipinski definition) is 4. The van der Waals surface area contributed by atoms with E-state index in [1.54, 1.807) is 0 Å². The van der Waals surface area contributed by atoms with Crippen molar-refractivity contribution in [3.8, 4) is 11.1 Å². The number of amides is 2. The fourth-order valence-electron chi connectivity index (χ4n) is 1.61. The molecule has 8 heteroatoms. The number of carbonyl (C=O) groups excluding carboxylic acids is 2. The lowest BCUT2D eigenvalue weighted by atomic mass is 10.2. The number of fused-ring (bicyclic) bond motifs is 1. The van der Waals surface area contributed by atoms with Gasteiger partial charge in [0.15, 0.2) is 5.37 Å². The lowest BCUT2D eigenvalue weighted by Gasteiger charge is -2.36. The molecule has 1 saturated heterocycles. The zero-order valence-electron chi connectivity index (χ0n) is 10.0.